The molecule has 0 aliphatic carbocycles. The quantitative estimate of drug-likeness (QED) is 0.755. The van der Waals surface area contributed by atoms with Crippen LogP contribution >= 0.6 is 0 Å². The van der Waals surface area contributed by atoms with E-state index in [1.807, 2.05) is 18.2 Å². The first kappa shape index (κ1) is 15.9. The summed E-state index contributed by atoms with van der Waals surface area (Å²) >= 11 is 0. The Kier molecular flexibility index (Phi) is 4.70. The Balaban J connectivity index is 1.62. The Bertz CT molecular complexity index is 934. The van der Waals surface area contributed by atoms with Crippen molar-refractivity contribution in [2.75, 3.05) is 5.32 Å². The van der Waals surface area contributed by atoms with E-state index in [4.69, 9.17) is 0 Å². The van der Waals surface area contributed by atoms with Crippen LogP contribution in [0, 0.1) is 12.2 Å². The molecule has 0 aliphatic heterocycles. The van der Waals surface area contributed by atoms with E-state index in [1.54, 1.807) is 36.8 Å². The summed E-state index contributed by atoms with van der Waals surface area (Å²) in [5, 5.41) is 3.43. The number of aromatic nitrogens is 1. The van der Waals surface area contributed by atoms with Gasteiger partial charge in [0.05, 0.1) is 0 Å². The molecule has 0 bridgehead atoms. The van der Waals surface area contributed by atoms with Crippen molar-refractivity contribution in [2.24, 2.45) is 0 Å². The smallest absolute Gasteiger partial charge is 0.272 e. The van der Waals surface area contributed by atoms with Gasteiger partial charge < -0.3 is 10.3 Å². The normalized spacial score (nSPS) is 10.7. The summed E-state index contributed by atoms with van der Waals surface area (Å²) in [5.74, 6) is -0.604. The average molecular weight is 323 g/mol. The van der Waals surface area contributed by atoms with Gasteiger partial charge in [0.25, 0.3) is 5.56 Å². The molecular formula is C19H16FN2O2. The third-order valence-electron chi connectivity index (χ3n) is 3.68. The van der Waals surface area contributed by atoms with Gasteiger partial charge in [0.15, 0.2) is 0 Å². The lowest BCUT2D eigenvalue weighted by atomic mass is 10.1. The number of hydrogen-bond acceptors (Lipinski definition) is 2. The molecular weight excluding hydrogens is 307 g/mol. The summed E-state index contributed by atoms with van der Waals surface area (Å²) in [6, 6.07) is 15.4. The number of aromatic amines is 1. The standard InChI is InChI=1S/C19H16FN2O2/c20-15-9-3-1-6-13(15)8-5-11-18(23)21-17-12-14-7-2-4-10-16(14)22-19(17)24/h1-7,9-10,12H,8,11H2,(H,21,23)(H,22,24). The molecule has 3 aromatic rings. The number of H-pyrrole nitrogens is 1. The van der Waals surface area contributed by atoms with Gasteiger partial charge >= 0.3 is 0 Å². The second kappa shape index (κ2) is 7.08. The minimum atomic E-state index is -0.351. The minimum Gasteiger partial charge on any atom is -0.321 e. The summed E-state index contributed by atoms with van der Waals surface area (Å²) in [7, 11) is 0. The predicted molar refractivity (Wildman–Crippen MR) is 92.2 cm³/mol. The number of para-hydroxylation sites is 1. The van der Waals surface area contributed by atoms with Gasteiger partial charge in [-0.25, -0.2) is 4.39 Å². The van der Waals surface area contributed by atoms with Crippen molar-refractivity contribution in [3.8, 4) is 0 Å². The van der Waals surface area contributed by atoms with Crippen LogP contribution in [0.1, 0.15) is 12.0 Å². The van der Waals surface area contributed by atoms with Gasteiger partial charge in [-0.15, -0.1) is 0 Å². The monoisotopic (exact) mass is 323 g/mol. The first-order valence-corrected chi connectivity index (χ1v) is 7.60. The van der Waals surface area contributed by atoms with Crippen molar-refractivity contribution in [3.05, 3.63) is 82.8 Å². The van der Waals surface area contributed by atoms with Crippen LogP contribution < -0.4 is 10.9 Å². The number of anilines is 1. The maximum Gasteiger partial charge on any atom is 0.272 e. The fraction of sp³-hybridized carbons (Fsp3) is 0.105. The number of benzene rings is 2. The maximum absolute atomic E-state index is 13.5. The zero-order valence-electron chi connectivity index (χ0n) is 12.9. The Labute approximate surface area is 138 Å². The number of halogens is 1. The number of nitrogens with one attached hydrogen (secondary N) is 2. The van der Waals surface area contributed by atoms with E-state index in [0.717, 1.165) is 5.39 Å². The zero-order valence-corrected chi connectivity index (χ0v) is 12.9. The highest BCUT2D eigenvalue weighted by molar-refractivity contribution is 5.93. The molecule has 0 spiro atoms. The highest BCUT2D eigenvalue weighted by atomic mass is 19.1. The van der Waals surface area contributed by atoms with Crippen LogP contribution in [0.3, 0.4) is 0 Å². The molecule has 5 heteroatoms. The van der Waals surface area contributed by atoms with Gasteiger partial charge in [0.1, 0.15) is 11.5 Å². The van der Waals surface area contributed by atoms with Crippen molar-refractivity contribution in [1.29, 1.82) is 0 Å². The van der Waals surface area contributed by atoms with Gasteiger partial charge in [0.2, 0.25) is 5.91 Å². The third kappa shape index (κ3) is 3.68. The molecule has 3 rings (SSSR count). The lowest BCUT2D eigenvalue weighted by Gasteiger charge is -2.06. The summed E-state index contributed by atoms with van der Waals surface area (Å²) in [6.45, 7) is 0. The fourth-order valence-electron chi connectivity index (χ4n) is 2.46. The highest BCUT2D eigenvalue weighted by Crippen LogP contribution is 2.13. The molecule has 0 saturated heterocycles. The van der Waals surface area contributed by atoms with E-state index in [-0.39, 0.29) is 29.4 Å². The third-order valence-corrected chi connectivity index (χ3v) is 3.68. The molecule has 1 radical (unpaired) electrons. The maximum atomic E-state index is 13.5. The molecule has 0 fully saturated rings. The van der Waals surface area contributed by atoms with Gasteiger partial charge in [-0.05, 0) is 36.6 Å². The Hall–Kier alpha value is -2.95. The summed E-state index contributed by atoms with van der Waals surface area (Å²) in [6.07, 6.45) is 2.14. The number of amides is 1. The number of hydrogen-bond donors (Lipinski definition) is 2. The SMILES string of the molecule is O=C(C[CH]Cc1ccccc1F)Nc1cc2ccccc2[nH]c1=O. The number of pyridine rings is 1. The number of rotatable bonds is 5. The lowest BCUT2D eigenvalue weighted by Crippen LogP contribution is -2.19. The van der Waals surface area contributed by atoms with E-state index in [1.165, 1.54) is 6.07 Å². The molecule has 121 valence electrons. The highest BCUT2D eigenvalue weighted by Gasteiger charge is 2.08. The topological polar surface area (TPSA) is 62.0 Å². The lowest BCUT2D eigenvalue weighted by molar-refractivity contribution is -0.115. The Morgan fingerprint density at radius 3 is 2.71 bits per heavy atom. The first-order valence-electron chi connectivity index (χ1n) is 7.60. The van der Waals surface area contributed by atoms with Crippen LogP contribution in [0.25, 0.3) is 10.9 Å². The molecule has 0 aliphatic rings. The average Bonchev–Trinajstić information content (AvgIpc) is 2.57. The molecule has 2 aromatic carbocycles. The van der Waals surface area contributed by atoms with Gasteiger partial charge in [0, 0.05) is 17.3 Å². The van der Waals surface area contributed by atoms with E-state index in [2.05, 4.69) is 10.3 Å². The van der Waals surface area contributed by atoms with Crippen LogP contribution in [0.5, 0.6) is 0 Å². The van der Waals surface area contributed by atoms with Crippen molar-refractivity contribution >= 4 is 22.5 Å². The predicted octanol–water partition coefficient (Wildman–Crippen LogP) is 3.44. The van der Waals surface area contributed by atoms with E-state index >= 15 is 0 Å². The van der Waals surface area contributed by atoms with E-state index < -0.39 is 0 Å². The summed E-state index contributed by atoms with van der Waals surface area (Å²) in [4.78, 5) is 26.7. The molecule has 1 aromatic heterocycles. The first-order chi connectivity index (χ1) is 11.6. The number of fused-ring (bicyclic) bond motifs is 1. The molecule has 4 nitrogen and oxygen atoms in total. The van der Waals surface area contributed by atoms with Crippen LogP contribution in [-0.4, -0.2) is 10.9 Å². The van der Waals surface area contributed by atoms with E-state index in [9.17, 15) is 14.0 Å². The van der Waals surface area contributed by atoms with Crippen LogP contribution in [0.2, 0.25) is 0 Å². The molecule has 2 N–H and O–H groups in total. The molecule has 1 amide bonds. The Morgan fingerprint density at radius 1 is 1.12 bits per heavy atom. The number of carbonyl (C=O) groups is 1. The fourth-order valence-corrected chi connectivity index (χ4v) is 2.46. The van der Waals surface area contributed by atoms with Gasteiger partial charge in [-0.2, -0.15) is 0 Å². The molecule has 1 heterocycles. The van der Waals surface area contributed by atoms with E-state index in [0.29, 0.717) is 17.5 Å². The van der Waals surface area contributed by atoms with Gasteiger partial charge in [-0.1, -0.05) is 36.4 Å². The largest absolute Gasteiger partial charge is 0.321 e. The van der Waals surface area contributed by atoms with Crippen LogP contribution in [0.4, 0.5) is 10.1 Å². The molecule has 0 saturated carbocycles. The minimum absolute atomic E-state index is 0.0978. The second-order valence-corrected chi connectivity index (χ2v) is 5.44. The van der Waals surface area contributed by atoms with Crippen molar-refractivity contribution in [2.45, 2.75) is 12.8 Å². The zero-order chi connectivity index (χ0) is 16.9. The summed E-state index contributed by atoms with van der Waals surface area (Å²) < 4.78 is 13.5. The molecule has 0 atom stereocenters. The van der Waals surface area contributed by atoms with Crippen molar-refractivity contribution in [1.82, 2.24) is 4.98 Å². The van der Waals surface area contributed by atoms with Crippen LogP contribution in [0.15, 0.2) is 59.4 Å². The summed E-state index contributed by atoms with van der Waals surface area (Å²) in [5.41, 5.74) is 1.11. The van der Waals surface area contributed by atoms with Crippen molar-refractivity contribution < 1.29 is 9.18 Å². The molecule has 0 unspecified atom stereocenters. The Morgan fingerprint density at radius 2 is 1.88 bits per heavy atom. The van der Waals surface area contributed by atoms with Crippen molar-refractivity contribution in [3.63, 3.8) is 0 Å². The second-order valence-electron chi connectivity index (χ2n) is 5.44. The van der Waals surface area contributed by atoms with Crippen LogP contribution in [-0.2, 0) is 11.2 Å². The number of carbonyl (C=O) groups excluding carboxylic acids is 1. The molecule has 24 heavy (non-hydrogen) atoms. The van der Waals surface area contributed by atoms with Gasteiger partial charge in [-0.3, -0.25) is 9.59 Å².